The maximum absolute atomic E-state index is 9.25. The first-order valence-corrected chi connectivity index (χ1v) is 15.7. The van der Waals surface area contributed by atoms with Crippen molar-refractivity contribution in [1.82, 2.24) is 9.97 Å². The Morgan fingerprint density at radius 1 is 0.730 bits per heavy atom. The number of anilines is 1. The standard InChI is InChI=1S/C31H56BN3O2/c1-3-5-7-9-11-13-14-16-18-20-23-27(22-19-17-15-12-10-8-6-4-2)26-28-24-21-25-29-30(28)34-31(33-29)35-32(36)37/h21,24-25,27,36-37H,3-20,22-23,26H2,1-2H3,(H2,33,34,35). The molecule has 0 amide bonds. The molecule has 1 atom stereocenters. The van der Waals surface area contributed by atoms with Crippen molar-refractivity contribution in [3.8, 4) is 0 Å². The molecule has 1 unspecified atom stereocenters. The Morgan fingerprint density at radius 3 is 1.70 bits per heavy atom. The molecule has 6 heteroatoms. The number of para-hydroxylation sites is 1. The van der Waals surface area contributed by atoms with Crippen molar-refractivity contribution in [2.75, 3.05) is 5.23 Å². The third-order valence-corrected chi connectivity index (χ3v) is 7.80. The minimum Gasteiger partial charge on any atom is -0.408 e. The van der Waals surface area contributed by atoms with Crippen molar-refractivity contribution in [1.29, 1.82) is 0 Å². The lowest BCUT2D eigenvalue weighted by Gasteiger charge is -2.17. The Balaban J connectivity index is 1.81. The van der Waals surface area contributed by atoms with Crippen LogP contribution in [0.1, 0.15) is 148 Å². The second-order valence-electron chi connectivity index (χ2n) is 11.2. The topological polar surface area (TPSA) is 81.2 Å². The lowest BCUT2D eigenvalue weighted by Crippen LogP contribution is -2.24. The minimum absolute atomic E-state index is 0.409. The largest absolute Gasteiger partial charge is 0.587 e. The quantitative estimate of drug-likeness (QED) is 0.0834. The van der Waals surface area contributed by atoms with Crippen molar-refractivity contribution in [3.63, 3.8) is 0 Å². The van der Waals surface area contributed by atoms with Crippen molar-refractivity contribution in [3.05, 3.63) is 23.8 Å². The van der Waals surface area contributed by atoms with Crippen LogP contribution in [0, 0.1) is 5.92 Å². The van der Waals surface area contributed by atoms with E-state index in [1.165, 1.54) is 134 Å². The highest BCUT2D eigenvalue weighted by atomic mass is 16.4. The Bertz CT molecular complexity index is 811. The molecule has 0 fully saturated rings. The molecule has 210 valence electrons. The van der Waals surface area contributed by atoms with Gasteiger partial charge in [0, 0.05) is 0 Å². The molecule has 0 bridgehead atoms. The molecule has 0 aliphatic carbocycles. The summed E-state index contributed by atoms with van der Waals surface area (Å²) >= 11 is 0. The van der Waals surface area contributed by atoms with Crippen LogP contribution < -0.4 is 5.23 Å². The molecule has 0 aliphatic rings. The van der Waals surface area contributed by atoms with E-state index in [1.807, 2.05) is 6.07 Å². The molecule has 1 heterocycles. The van der Waals surface area contributed by atoms with Gasteiger partial charge in [0.05, 0.1) is 11.0 Å². The molecule has 37 heavy (non-hydrogen) atoms. The van der Waals surface area contributed by atoms with E-state index in [4.69, 9.17) is 0 Å². The summed E-state index contributed by atoms with van der Waals surface area (Å²) in [5.74, 6) is 1.10. The summed E-state index contributed by atoms with van der Waals surface area (Å²) in [4.78, 5) is 7.79. The first-order chi connectivity index (χ1) is 18.1. The third kappa shape index (κ3) is 14.3. The van der Waals surface area contributed by atoms with Crippen LogP contribution in [0.3, 0.4) is 0 Å². The molecule has 2 aromatic rings. The lowest BCUT2D eigenvalue weighted by atomic mass is 9.88. The molecule has 4 N–H and O–H groups in total. The van der Waals surface area contributed by atoms with Gasteiger partial charge >= 0.3 is 7.25 Å². The van der Waals surface area contributed by atoms with E-state index in [1.54, 1.807) is 0 Å². The molecule has 0 aliphatic heterocycles. The van der Waals surface area contributed by atoms with E-state index in [0.717, 1.165) is 17.5 Å². The van der Waals surface area contributed by atoms with Crippen LogP contribution in [-0.2, 0) is 6.42 Å². The zero-order valence-electron chi connectivity index (χ0n) is 24.1. The highest BCUT2D eigenvalue weighted by molar-refractivity contribution is 6.45. The van der Waals surface area contributed by atoms with Gasteiger partial charge < -0.3 is 20.3 Å². The number of hydrogen-bond donors (Lipinski definition) is 4. The van der Waals surface area contributed by atoms with Crippen LogP contribution in [0.25, 0.3) is 11.0 Å². The van der Waals surface area contributed by atoms with Gasteiger partial charge in [-0.05, 0) is 24.0 Å². The van der Waals surface area contributed by atoms with E-state index in [-0.39, 0.29) is 0 Å². The summed E-state index contributed by atoms with van der Waals surface area (Å²) in [6, 6.07) is 6.29. The highest BCUT2D eigenvalue weighted by Gasteiger charge is 2.16. The lowest BCUT2D eigenvalue weighted by molar-refractivity contribution is 0.400. The number of nitrogens with zero attached hydrogens (tertiary/aromatic N) is 1. The van der Waals surface area contributed by atoms with E-state index >= 15 is 0 Å². The Morgan fingerprint density at radius 2 is 1.22 bits per heavy atom. The van der Waals surface area contributed by atoms with E-state index in [0.29, 0.717) is 11.9 Å². The average molecular weight is 514 g/mol. The molecule has 0 radical (unpaired) electrons. The van der Waals surface area contributed by atoms with Gasteiger partial charge in [0.15, 0.2) is 5.95 Å². The Labute approximate surface area is 227 Å². The van der Waals surface area contributed by atoms with Crippen LogP contribution >= 0.6 is 0 Å². The number of rotatable bonds is 24. The maximum atomic E-state index is 9.25. The molecule has 0 saturated carbocycles. The van der Waals surface area contributed by atoms with Crippen molar-refractivity contribution in [2.24, 2.45) is 5.92 Å². The molecule has 2 rings (SSSR count). The predicted molar refractivity (Wildman–Crippen MR) is 161 cm³/mol. The summed E-state index contributed by atoms with van der Waals surface area (Å²) in [6.45, 7) is 4.57. The van der Waals surface area contributed by atoms with Crippen molar-refractivity contribution in [2.45, 2.75) is 149 Å². The van der Waals surface area contributed by atoms with Crippen LogP contribution in [0.4, 0.5) is 5.95 Å². The fourth-order valence-corrected chi connectivity index (χ4v) is 5.59. The van der Waals surface area contributed by atoms with Gasteiger partial charge in [-0.3, -0.25) is 0 Å². The molecular formula is C31H56BN3O2. The van der Waals surface area contributed by atoms with E-state index in [2.05, 4.69) is 41.2 Å². The average Bonchev–Trinajstić information content (AvgIpc) is 3.29. The maximum Gasteiger partial charge on any atom is 0.587 e. The number of imidazole rings is 1. The Hall–Kier alpha value is -1.53. The number of nitrogens with one attached hydrogen (secondary N) is 2. The SMILES string of the molecule is CCCCCCCCCCCCC(CCCCCCCCCC)Cc1cccc2[nH]c(NB(O)O)nc12. The number of unbranched alkanes of at least 4 members (excludes halogenated alkanes) is 16. The van der Waals surface area contributed by atoms with Crippen LogP contribution in [0.2, 0.25) is 0 Å². The summed E-state index contributed by atoms with van der Waals surface area (Å²) in [6.07, 6.45) is 28.5. The number of hydrogen-bond acceptors (Lipinski definition) is 4. The zero-order valence-corrected chi connectivity index (χ0v) is 24.1. The van der Waals surface area contributed by atoms with Crippen LogP contribution in [0.5, 0.6) is 0 Å². The number of aromatic nitrogens is 2. The van der Waals surface area contributed by atoms with Gasteiger partial charge in [-0.2, -0.15) is 0 Å². The fraction of sp³-hybridized carbons (Fsp3) is 0.774. The molecule has 0 saturated heterocycles. The van der Waals surface area contributed by atoms with E-state index < -0.39 is 7.25 Å². The van der Waals surface area contributed by atoms with Crippen molar-refractivity contribution < 1.29 is 10.0 Å². The monoisotopic (exact) mass is 513 g/mol. The minimum atomic E-state index is -1.62. The summed E-state index contributed by atoms with van der Waals surface area (Å²) in [7, 11) is -1.62. The van der Waals surface area contributed by atoms with Gasteiger partial charge in [0.25, 0.3) is 0 Å². The van der Waals surface area contributed by atoms with E-state index in [9.17, 15) is 10.0 Å². The summed E-state index contributed by atoms with van der Waals surface area (Å²) < 4.78 is 0. The second-order valence-corrected chi connectivity index (χ2v) is 11.2. The predicted octanol–water partition coefficient (Wildman–Crippen LogP) is 8.94. The number of aromatic amines is 1. The van der Waals surface area contributed by atoms with Crippen LogP contribution in [0.15, 0.2) is 18.2 Å². The smallest absolute Gasteiger partial charge is 0.408 e. The molecule has 1 aromatic heterocycles. The Kier molecular flexibility index (Phi) is 17.5. The second kappa shape index (κ2) is 20.4. The molecule has 1 aromatic carbocycles. The highest BCUT2D eigenvalue weighted by Crippen LogP contribution is 2.27. The van der Waals surface area contributed by atoms with Gasteiger partial charge in [-0.25, -0.2) is 4.98 Å². The third-order valence-electron chi connectivity index (χ3n) is 7.80. The number of H-pyrrole nitrogens is 1. The summed E-state index contributed by atoms with van der Waals surface area (Å²) in [5, 5.41) is 21.1. The number of benzene rings is 1. The first-order valence-electron chi connectivity index (χ1n) is 15.7. The number of fused-ring (bicyclic) bond motifs is 1. The molecular weight excluding hydrogens is 457 g/mol. The molecule has 5 nitrogen and oxygen atoms in total. The summed E-state index contributed by atoms with van der Waals surface area (Å²) in [5.41, 5.74) is 3.17. The van der Waals surface area contributed by atoms with Gasteiger partial charge in [0.1, 0.15) is 0 Å². The normalized spacial score (nSPS) is 12.3. The fourth-order valence-electron chi connectivity index (χ4n) is 5.59. The van der Waals surface area contributed by atoms with Crippen molar-refractivity contribution >= 4 is 24.2 Å². The van der Waals surface area contributed by atoms with Gasteiger partial charge in [-0.15, -0.1) is 0 Å². The first kappa shape index (κ1) is 31.7. The van der Waals surface area contributed by atoms with Gasteiger partial charge in [-0.1, -0.05) is 154 Å². The van der Waals surface area contributed by atoms with Crippen LogP contribution in [-0.4, -0.2) is 27.3 Å². The van der Waals surface area contributed by atoms with Gasteiger partial charge in [0.2, 0.25) is 0 Å². The zero-order chi connectivity index (χ0) is 26.6. The molecule has 0 spiro atoms.